The lowest BCUT2D eigenvalue weighted by atomic mass is 10.2. The van der Waals surface area contributed by atoms with Gasteiger partial charge in [0, 0.05) is 33.3 Å². The molecule has 0 saturated heterocycles. The highest BCUT2D eigenvalue weighted by Crippen LogP contribution is 2.56. The molecule has 0 atom stereocenters. The molecule has 0 aromatic heterocycles. The summed E-state index contributed by atoms with van der Waals surface area (Å²) in [5.41, 5.74) is 1.42. The standard InChI is InChI=1S/C21H12Cl9O4P/c1-7-10(22)4-13(19(28)16(7)25)32-35(31,33-14-5-11(23)8(2)17(26)20(14)29)34-15-6-12(24)9(3)18(27)21(15)30/h4-6H,1-3H3. The fraction of sp³-hybridized carbons (Fsp3) is 0.143. The third kappa shape index (κ3) is 6.15. The van der Waals surface area contributed by atoms with Gasteiger partial charge in [0.25, 0.3) is 0 Å². The summed E-state index contributed by atoms with van der Waals surface area (Å²) < 4.78 is 30.8. The quantitative estimate of drug-likeness (QED) is 0.192. The zero-order chi connectivity index (χ0) is 26.4. The van der Waals surface area contributed by atoms with Gasteiger partial charge in [0.05, 0.1) is 15.1 Å². The Kier molecular flexibility index (Phi) is 9.54. The van der Waals surface area contributed by atoms with Gasteiger partial charge < -0.3 is 13.6 Å². The Morgan fingerprint density at radius 1 is 0.486 bits per heavy atom. The van der Waals surface area contributed by atoms with E-state index in [2.05, 4.69) is 0 Å². The maximum Gasteiger partial charge on any atom is 0.647 e. The Labute approximate surface area is 246 Å². The van der Waals surface area contributed by atoms with Crippen molar-refractivity contribution in [1.82, 2.24) is 0 Å². The fourth-order valence-electron chi connectivity index (χ4n) is 2.61. The summed E-state index contributed by atoms with van der Waals surface area (Å²) in [6, 6.07) is 3.87. The van der Waals surface area contributed by atoms with Crippen LogP contribution in [0.25, 0.3) is 0 Å². The minimum absolute atomic E-state index is 0.0691. The van der Waals surface area contributed by atoms with Crippen molar-refractivity contribution in [3.05, 3.63) is 80.1 Å². The minimum Gasteiger partial charge on any atom is -0.384 e. The Morgan fingerprint density at radius 3 is 0.943 bits per heavy atom. The van der Waals surface area contributed by atoms with Crippen LogP contribution in [0.2, 0.25) is 45.2 Å². The fourth-order valence-corrected chi connectivity index (χ4v) is 6.05. The zero-order valence-electron chi connectivity index (χ0n) is 17.7. The maximum absolute atomic E-state index is 14.0. The van der Waals surface area contributed by atoms with Crippen LogP contribution in [0.4, 0.5) is 0 Å². The molecule has 0 unspecified atom stereocenters. The first kappa shape index (κ1) is 29.5. The predicted octanol–water partition coefficient (Wildman–Crippen LogP) is 12.1. The van der Waals surface area contributed by atoms with E-state index in [0.29, 0.717) is 16.7 Å². The first-order valence-corrected chi connectivity index (χ1v) is 14.1. The minimum atomic E-state index is -4.74. The Hall–Kier alpha value is -0.100. The van der Waals surface area contributed by atoms with Gasteiger partial charge in [-0.2, -0.15) is 4.57 Å². The summed E-state index contributed by atoms with van der Waals surface area (Å²) in [7, 11) is -4.74. The number of benzene rings is 3. The summed E-state index contributed by atoms with van der Waals surface area (Å²) in [6.45, 7) is 4.91. The van der Waals surface area contributed by atoms with Crippen molar-refractivity contribution in [3.8, 4) is 17.2 Å². The molecule has 4 nitrogen and oxygen atoms in total. The molecule has 35 heavy (non-hydrogen) atoms. The first-order valence-electron chi connectivity index (χ1n) is 9.28. The summed E-state index contributed by atoms with van der Waals surface area (Å²) >= 11 is 56.2. The number of halogens is 9. The van der Waals surface area contributed by atoms with Gasteiger partial charge in [0.2, 0.25) is 0 Å². The molecule has 3 aromatic rings. The second kappa shape index (κ2) is 11.3. The van der Waals surface area contributed by atoms with Crippen molar-refractivity contribution < 1.29 is 18.1 Å². The van der Waals surface area contributed by atoms with E-state index in [9.17, 15) is 4.57 Å². The van der Waals surface area contributed by atoms with Crippen molar-refractivity contribution >= 4 is 112 Å². The topological polar surface area (TPSA) is 44.8 Å². The average molecular weight is 678 g/mol. The molecule has 0 saturated carbocycles. The molecule has 0 radical (unpaired) electrons. The molecule has 0 aliphatic carbocycles. The molecule has 0 aliphatic heterocycles. The van der Waals surface area contributed by atoms with Gasteiger partial charge in [-0.05, 0) is 37.5 Å². The third-order valence-electron chi connectivity index (χ3n) is 4.69. The molecule has 0 fully saturated rings. The number of hydrogen-bond acceptors (Lipinski definition) is 4. The van der Waals surface area contributed by atoms with E-state index in [-0.39, 0.29) is 62.5 Å². The lowest BCUT2D eigenvalue weighted by Gasteiger charge is -2.22. The van der Waals surface area contributed by atoms with Crippen LogP contribution in [-0.4, -0.2) is 0 Å². The Balaban J connectivity index is 2.18. The number of rotatable bonds is 6. The molecule has 188 valence electrons. The van der Waals surface area contributed by atoms with Crippen LogP contribution in [0, 0.1) is 20.8 Å². The molecule has 3 aromatic carbocycles. The highest BCUT2D eigenvalue weighted by Gasteiger charge is 2.37. The van der Waals surface area contributed by atoms with Crippen LogP contribution >= 0.6 is 112 Å². The highest BCUT2D eigenvalue weighted by atomic mass is 35.5. The van der Waals surface area contributed by atoms with Crippen molar-refractivity contribution in [2.24, 2.45) is 0 Å². The summed E-state index contributed by atoms with van der Waals surface area (Å²) in [5, 5.41) is 0.452. The Morgan fingerprint density at radius 2 is 0.714 bits per heavy atom. The smallest absolute Gasteiger partial charge is 0.384 e. The van der Waals surface area contributed by atoms with Gasteiger partial charge in [0.1, 0.15) is 15.1 Å². The molecular formula is C21H12Cl9O4P. The normalized spacial score (nSPS) is 11.5. The van der Waals surface area contributed by atoms with Gasteiger partial charge in [-0.1, -0.05) is 104 Å². The van der Waals surface area contributed by atoms with E-state index < -0.39 is 7.82 Å². The molecule has 3 rings (SSSR count). The lowest BCUT2D eigenvalue weighted by Crippen LogP contribution is -2.09. The van der Waals surface area contributed by atoms with Crippen molar-refractivity contribution in [1.29, 1.82) is 0 Å². The molecule has 0 aliphatic rings. The van der Waals surface area contributed by atoms with Gasteiger partial charge in [0.15, 0.2) is 17.2 Å². The van der Waals surface area contributed by atoms with Crippen molar-refractivity contribution in [2.45, 2.75) is 20.8 Å². The largest absolute Gasteiger partial charge is 0.647 e. The van der Waals surface area contributed by atoms with Gasteiger partial charge in [-0.15, -0.1) is 0 Å². The second-order valence-corrected chi connectivity index (χ2v) is 12.0. The van der Waals surface area contributed by atoms with E-state index in [4.69, 9.17) is 118 Å². The number of phosphoric acid groups is 1. The van der Waals surface area contributed by atoms with Crippen LogP contribution in [0.3, 0.4) is 0 Å². The van der Waals surface area contributed by atoms with Crippen LogP contribution in [-0.2, 0) is 4.57 Å². The molecule has 0 heterocycles. The van der Waals surface area contributed by atoms with Crippen LogP contribution < -0.4 is 13.6 Å². The molecule has 14 heteroatoms. The van der Waals surface area contributed by atoms with E-state index in [0.717, 1.165) is 0 Å². The SMILES string of the molecule is Cc1c(Cl)cc(OP(=O)(Oc2cc(Cl)c(C)c(Cl)c2Cl)Oc2cc(Cl)c(C)c(Cl)c2Cl)c(Cl)c1Cl. The molecular weight excluding hydrogens is 666 g/mol. The summed E-state index contributed by atoms with van der Waals surface area (Å²) in [4.78, 5) is 0. The van der Waals surface area contributed by atoms with E-state index in [1.165, 1.54) is 18.2 Å². The molecule has 0 amide bonds. The van der Waals surface area contributed by atoms with Gasteiger partial charge >= 0.3 is 7.82 Å². The van der Waals surface area contributed by atoms with Crippen molar-refractivity contribution in [3.63, 3.8) is 0 Å². The van der Waals surface area contributed by atoms with E-state index >= 15 is 0 Å². The zero-order valence-corrected chi connectivity index (χ0v) is 25.4. The van der Waals surface area contributed by atoms with Crippen LogP contribution in [0.1, 0.15) is 16.7 Å². The predicted molar refractivity (Wildman–Crippen MR) is 148 cm³/mol. The summed E-state index contributed by atoms with van der Waals surface area (Å²) in [6.07, 6.45) is 0. The molecule has 0 bridgehead atoms. The number of phosphoric ester groups is 1. The Bertz CT molecular complexity index is 1230. The first-order chi connectivity index (χ1) is 16.2. The third-order valence-corrected chi connectivity index (χ3v) is 9.97. The maximum atomic E-state index is 14.0. The number of hydrogen-bond donors (Lipinski definition) is 0. The summed E-state index contributed by atoms with van der Waals surface area (Å²) in [5.74, 6) is -0.635. The van der Waals surface area contributed by atoms with Crippen LogP contribution in [0.5, 0.6) is 17.2 Å². The van der Waals surface area contributed by atoms with E-state index in [1.54, 1.807) is 20.8 Å². The van der Waals surface area contributed by atoms with Gasteiger partial charge in [-0.3, -0.25) is 0 Å². The lowest BCUT2D eigenvalue weighted by molar-refractivity contribution is 0.298. The van der Waals surface area contributed by atoms with E-state index in [1.807, 2.05) is 0 Å². The average Bonchev–Trinajstić information content (AvgIpc) is 2.80. The highest BCUT2D eigenvalue weighted by molar-refractivity contribution is 7.49. The monoisotopic (exact) mass is 674 g/mol. The van der Waals surface area contributed by atoms with Crippen molar-refractivity contribution in [2.75, 3.05) is 0 Å². The second-order valence-electron chi connectivity index (χ2n) is 7.05. The van der Waals surface area contributed by atoms with Crippen LogP contribution in [0.15, 0.2) is 18.2 Å². The van der Waals surface area contributed by atoms with Gasteiger partial charge in [-0.25, -0.2) is 0 Å². The molecule has 0 N–H and O–H groups in total. The molecule has 0 spiro atoms.